The fourth-order valence-corrected chi connectivity index (χ4v) is 3.94. The molecule has 0 bridgehead atoms. The number of hydrogen-bond donors (Lipinski definition) is 2. The number of hydrogen-bond acceptors (Lipinski definition) is 4. The average Bonchev–Trinajstić information content (AvgIpc) is 3.20. The van der Waals surface area contributed by atoms with Gasteiger partial charge in [-0.2, -0.15) is 0 Å². The lowest BCUT2D eigenvalue weighted by Gasteiger charge is -2.27. The van der Waals surface area contributed by atoms with Crippen LogP contribution in [0.2, 0.25) is 0 Å². The third kappa shape index (κ3) is 3.45. The van der Waals surface area contributed by atoms with Gasteiger partial charge in [0.05, 0.1) is 0 Å². The van der Waals surface area contributed by atoms with E-state index in [2.05, 4.69) is 10.6 Å². The van der Waals surface area contributed by atoms with Crippen molar-refractivity contribution in [3.05, 3.63) is 47.5 Å². The smallest absolute Gasteiger partial charge is 0.261 e. The molecule has 0 aliphatic carbocycles. The van der Waals surface area contributed by atoms with Crippen molar-refractivity contribution in [1.29, 1.82) is 0 Å². The molecule has 2 aliphatic rings. The zero-order valence-corrected chi connectivity index (χ0v) is 15.2. The van der Waals surface area contributed by atoms with E-state index < -0.39 is 0 Å². The van der Waals surface area contributed by atoms with Crippen molar-refractivity contribution in [2.75, 3.05) is 19.6 Å². The van der Waals surface area contributed by atoms with Crippen molar-refractivity contribution >= 4 is 28.5 Å². The molecule has 4 rings (SSSR count). The maximum Gasteiger partial charge on any atom is 0.261 e. The van der Waals surface area contributed by atoms with Crippen LogP contribution in [0.3, 0.4) is 0 Å². The normalized spacial score (nSPS) is 19.0. The molecule has 1 saturated heterocycles. The highest BCUT2D eigenvalue weighted by atomic mass is 16.2. The minimum Gasteiger partial charge on any atom is -0.355 e. The van der Waals surface area contributed by atoms with Gasteiger partial charge in [0.15, 0.2) is 0 Å². The van der Waals surface area contributed by atoms with Crippen molar-refractivity contribution in [1.82, 2.24) is 15.5 Å². The molecule has 2 heterocycles. The lowest BCUT2D eigenvalue weighted by atomic mass is 9.94. The summed E-state index contributed by atoms with van der Waals surface area (Å²) in [6.07, 6.45) is 2.99. The standard InChI is InChI=1S/C21H23N3O3/c25-18(23-13-15-7-3-11-22-15)10-4-12-24-20(26)16-8-1-5-14-6-2-9-17(19(14)16)21(24)27/h1-2,5-6,8-9,15,22H,3-4,7,10-13H2,(H,23,25). The van der Waals surface area contributed by atoms with Crippen LogP contribution in [0, 0.1) is 0 Å². The summed E-state index contributed by atoms with van der Waals surface area (Å²) in [6.45, 7) is 1.89. The number of nitrogens with one attached hydrogen (secondary N) is 2. The molecular formula is C21H23N3O3. The first-order chi connectivity index (χ1) is 13.1. The summed E-state index contributed by atoms with van der Waals surface area (Å²) in [5.74, 6) is -0.595. The summed E-state index contributed by atoms with van der Waals surface area (Å²) in [5.41, 5.74) is 1.11. The first kappa shape index (κ1) is 17.7. The highest BCUT2D eigenvalue weighted by molar-refractivity contribution is 6.25. The quantitative estimate of drug-likeness (QED) is 0.769. The van der Waals surface area contributed by atoms with Gasteiger partial charge in [0, 0.05) is 42.1 Å². The van der Waals surface area contributed by atoms with Gasteiger partial charge in [0.2, 0.25) is 5.91 Å². The number of amides is 3. The van der Waals surface area contributed by atoms with Gasteiger partial charge < -0.3 is 10.6 Å². The van der Waals surface area contributed by atoms with Crippen molar-refractivity contribution < 1.29 is 14.4 Å². The summed E-state index contributed by atoms with van der Waals surface area (Å²) in [4.78, 5) is 38.9. The SMILES string of the molecule is O=C(CCCN1C(=O)c2cccc3cccc(c23)C1=O)NCC1CCCN1. The molecule has 140 valence electrons. The van der Waals surface area contributed by atoms with E-state index in [-0.39, 0.29) is 24.3 Å². The van der Waals surface area contributed by atoms with Crippen molar-refractivity contribution in [2.45, 2.75) is 31.7 Å². The van der Waals surface area contributed by atoms with Crippen LogP contribution in [0.15, 0.2) is 36.4 Å². The van der Waals surface area contributed by atoms with Crippen LogP contribution in [-0.4, -0.2) is 48.3 Å². The molecule has 0 saturated carbocycles. The summed E-state index contributed by atoms with van der Waals surface area (Å²) in [6, 6.07) is 11.3. The van der Waals surface area contributed by atoms with E-state index in [0.717, 1.165) is 30.2 Å². The van der Waals surface area contributed by atoms with Gasteiger partial charge in [-0.25, -0.2) is 0 Å². The number of carbonyl (C=O) groups is 3. The molecule has 2 aromatic carbocycles. The molecule has 2 aromatic rings. The molecule has 0 radical (unpaired) electrons. The van der Waals surface area contributed by atoms with Crippen LogP contribution >= 0.6 is 0 Å². The Labute approximate surface area is 157 Å². The predicted molar refractivity (Wildman–Crippen MR) is 103 cm³/mol. The summed E-state index contributed by atoms with van der Waals surface area (Å²) >= 11 is 0. The van der Waals surface area contributed by atoms with E-state index in [4.69, 9.17) is 0 Å². The van der Waals surface area contributed by atoms with Crippen molar-refractivity contribution in [3.63, 3.8) is 0 Å². The maximum absolute atomic E-state index is 12.8. The zero-order valence-electron chi connectivity index (χ0n) is 15.2. The van der Waals surface area contributed by atoms with Gasteiger partial charge in [-0.15, -0.1) is 0 Å². The Morgan fingerprint density at radius 1 is 1.11 bits per heavy atom. The minimum atomic E-state index is -0.278. The van der Waals surface area contributed by atoms with Gasteiger partial charge in [-0.1, -0.05) is 24.3 Å². The third-order valence-corrected chi connectivity index (χ3v) is 5.35. The van der Waals surface area contributed by atoms with Crippen LogP contribution < -0.4 is 10.6 Å². The van der Waals surface area contributed by atoms with E-state index in [1.807, 2.05) is 24.3 Å². The first-order valence-corrected chi connectivity index (χ1v) is 9.53. The fourth-order valence-electron chi connectivity index (χ4n) is 3.94. The van der Waals surface area contributed by atoms with Crippen LogP contribution in [0.1, 0.15) is 46.4 Å². The highest BCUT2D eigenvalue weighted by Gasteiger charge is 2.32. The molecule has 1 unspecified atom stereocenters. The van der Waals surface area contributed by atoms with Crippen LogP contribution in [-0.2, 0) is 4.79 Å². The van der Waals surface area contributed by atoms with Crippen LogP contribution in [0.5, 0.6) is 0 Å². The third-order valence-electron chi connectivity index (χ3n) is 5.35. The number of rotatable bonds is 6. The Hall–Kier alpha value is -2.73. The second kappa shape index (κ2) is 7.48. The van der Waals surface area contributed by atoms with E-state index in [9.17, 15) is 14.4 Å². The fraction of sp³-hybridized carbons (Fsp3) is 0.381. The van der Waals surface area contributed by atoms with E-state index >= 15 is 0 Å². The molecule has 6 heteroatoms. The second-order valence-electron chi connectivity index (χ2n) is 7.17. The maximum atomic E-state index is 12.8. The van der Waals surface area contributed by atoms with Gasteiger partial charge in [0.1, 0.15) is 0 Å². The van der Waals surface area contributed by atoms with Gasteiger partial charge in [0.25, 0.3) is 11.8 Å². The zero-order chi connectivity index (χ0) is 18.8. The summed E-state index contributed by atoms with van der Waals surface area (Å²) in [5, 5.41) is 7.89. The summed E-state index contributed by atoms with van der Waals surface area (Å²) < 4.78 is 0. The number of benzene rings is 2. The lowest BCUT2D eigenvalue weighted by molar-refractivity contribution is -0.121. The minimum absolute atomic E-state index is 0.0388. The van der Waals surface area contributed by atoms with Crippen LogP contribution in [0.4, 0.5) is 0 Å². The van der Waals surface area contributed by atoms with Crippen molar-refractivity contribution in [3.8, 4) is 0 Å². The van der Waals surface area contributed by atoms with Gasteiger partial charge in [-0.3, -0.25) is 19.3 Å². The highest BCUT2D eigenvalue weighted by Crippen LogP contribution is 2.29. The van der Waals surface area contributed by atoms with Gasteiger partial charge >= 0.3 is 0 Å². The Balaban J connectivity index is 1.38. The van der Waals surface area contributed by atoms with E-state index in [1.54, 1.807) is 12.1 Å². The Kier molecular flexibility index (Phi) is 4.90. The molecule has 0 spiro atoms. The first-order valence-electron chi connectivity index (χ1n) is 9.53. The summed E-state index contributed by atoms with van der Waals surface area (Å²) in [7, 11) is 0. The Bertz CT molecular complexity index is 852. The van der Waals surface area contributed by atoms with Gasteiger partial charge in [-0.05, 0) is 43.3 Å². The number of nitrogens with zero attached hydrogens (tertiary/aromatic N) is 1. The molecule has 2 N–H and O–H groups in total. The average molecular weight is 365 g/mol. The van der Waals surface area contributed by atoms with E-state index in [0.29, 0.717) is 36.6 Å². The monoisotopic (exact) mass is 365 g/mol. The molecule has 27 heavy (non-hydrogen) atoms. The molecule has 2 aliphatic heterocycles. The molecule has 1 fully saturated rings. The molecular weight excluding hydrogens is 342 g/mol. The Morgan fingerprint density at radius 2 is 1.81 bits per heavy atom. The second-order valence-corrected chi connectivity index (χ2v) is 7.17. The topological polar surface area (TPSA) is 78.5 Å². The van der Waals surface area contributed by atoms with Crippen LogP contribution in [0.25, 0.3) is 10.8 Å². The number of imide groups is 1. The molecule has 3 amide bonds. The largest absolute Gasteiger partial charge is 0.355 e. The molecule has 0 aromatic heterocycles. The van der Waals surface area contributed by atoms with Crippen molar-refractivity contribution in [2.24, 2.45) is 0 Å². The lowest BCUT2D eigenvalue weighted by Crippen LogP contribution is -2.41. The number of carbonyl (C=O) groups excluding carboxylic acids is 3. The molecule has 1 atom stereocenters. The Morgan fingerprint density at radius 3 is 2.44 bits per heavy atom. The van der Waals surface area contributed by atoms with E-state index in [1.165, 1.54) is 4.90 Å². The predicted octanol–water partition coefficient (Wildman–Crippen LogP) is 2.08. The molecule has 6 nitrogen and oxygen atoms in total.